The summed E-state index contributed by atoms with van der Waals surface area (Å²) in [6.07, 6.45) is 0.945. The number of aromatic nitrogens is 1. The van der Waals surface area contributed by atoms with Crippen molar-refractivity contribution >= 4 is 23.0 Å². The number of ether oxygens (including phenoxy) is 1. The lowest BCUT2D eigenvalue weighted by molar-refractivity contribution is 0.146. The molecule has 1 heterocycles. The van der Waals surface area contributed by atoms with E-state index in [-0.39, 0.29) is 0 Å². The number of nitrogens with one attached hydrogen (secondary N) is 2. The maximum Gasteiger partial charge on any atom is 0.170 e. The van der Waals surface area contributed by atoms with E-state index in [9.17, 15) is 0 Å². The molecule has 1 aromatic heterocycles. The van der Waals surface area contributed by atoms with E-state index in [1.807, 2.05) is 32.9 Å². The molecular formula is C13H21N3OS. The lowest BCUT2D eigenvalue weighted by atomic mass is 10.3. The van der Waals surface area contributed by atoms with Crippen LogP contribution in [-0.2, 0) is 4.74 Å². The van der Waals surface area contributed by atoms with Crippen molar-refractivity contribution in [3.8, 4) is 0 Å². The highest BCUT2D eigenvalue weighted by atomic mass is 32.1. The van der Waals surface area contributed by atoms with E-state index in [4.69, 9.17) is 17.0 Å². The predicted octanol–water partition coefficient (Wildman–Crippen LogP) is 2.41. The van der Waals surface area contributed by atoms with Crippen molar-refractivity contribution in [3.05, 3.63) is 23.5 Å². The van der Waals surface area contributed by atoms with Crippen LogP contribution in [0.15, 0.2) is 12.1 Å². The first kappa shape index (κ1) is 14.9. The number of rotatable bonds is 6. The van der Waals surface area contributed by atoms with E-state index in [0.717, 1.165) is 43.3 Å². The Balaban J connectivity index is 2.31. The Hall–Kier alpha value is -1.20. The lowest BCUT2D eigenvalue weighted by Gasteiger charge is -2.12. The van der Waals surface area contributed by atoms with Crippen molar-refractivity contribution in [2.75, 3.05) is 25.1 Å². The maximum absolute atomic E-state index is 5.25. The second-order valence-corrected chi connectivity index (χ2v) is 4.43. The van der Waals surface area contributed by atoms with Crippen LogP contribution in [0.3, 0.4) is 0 Å². The van der Waals surface area contributed by atoms with Crippen LogP contribution in [0.4, 0.5) is 5.69 Å². The average molecular weight is 267 g/mol. The van der Waals surface area contributed by atoms with Gasteiger partial charge in [-0.25, -0.2) is 0 Å². The molecule has 0 bridgehead atoms. The second kappa shape index (κ2) is 8.00. The third-order valence-electron chi connectivity index (χ3n) is 2.43. The molecule has 1 rings (SSSR count). The van der Waals surface area contributed by atoms with Crippen LogP contribution >= 0.6 is 12.2 Å². The Morgan fingerprint density at radius 3 is 2.83 bits per heavy atom. The average Bonchev–Trinajstić information content (AvgIpc) is 2.32. The topological polar surface area (TPSA) is 46.2 Å². The minimum Gasteiger partial charge on any atom is -0.382 e. The first-order valence-corrected chi connectivity index (χ1v) is 6.61. The third-order valence-corrected chi connectivity index (χ3v) is 2.67. The smallest absolute Gasteiger partial charge is 0.170 e. The standard InChI is InChI=1S/C13H21N3OS/c1-4-17-9-5-8-14-13(18)16-12-7-6-10(2)15-11(12)3/h6-7H,4-5,8-9H2,1-3H3,(H2,14,16,18). The van der Waals surface area contributed by atoms with E-state index in [1.54, 1.807) is 0 Å². The molecular weight excluding hydrogens is 246 g/mol. The van der Waals surface area contributed by atoms with Crippen LogP contribution in [0.25, 0.3) is 0 Å². The number of hydrogen-bond acceptors (Lipinski definition) is 3. The predicted molar refractivity (Wildman–Crippen MR) is 79.0 cm³/mol. The molecule has 1 aromatic rings. The quantitative estimate of drug-likeness (QED) is 0.612. The summed E-state index contributed by atoms with van der Waals surface area (Å²) in [4.78, 5) is 4.38. The van der Waals surface area contributed by atoms with Gasteiger partial charge in [-0.05, 0) is 51.5 Å². The first-order chi connectivity index (χ1) is 8.63. The van der Waals surface area contributed by atoms with E-state index >= 15 is 0 Å². The zero-order chi connectivity index (χ0) is 13.4. The zero-order valence-corrected chi connectivity index (χ0v) is 12.1. The van der Waals surface area contributed by atoms with Crippen molar-refractivity contribution in [2.24, 2.45) is 0 Å². The molecule has 0 spiro atoms. The van der Waals surface area contributed by atoms with Crippen molar-refractivity contribution in [1.29, 1.82) is 0 Å². The summed E-state index contributed by atoms with van der Waals surface area (Å²) >= 11 is 5.22. The summed E-state index contributed by atoms with van der Waals surface area (Å²) in [5, 5.41) is 6.91. The van der Waals surface area contributed by atoms with Gasteiger partial charge in [0.1, 0.15) is 0 Å². The minimum absolute atomic E-state index is 0.625. The van der Waals surface area contributed by atoms with E-state index in [2.05, 4.69) is 15.6 Å². The van der Waals surface area contributed by atoms with Gasteiger partial charge in [0.25, 0.3) is 0 Å². The monoisotopic (exact) mass is 267 g/mol. The summed E-state index contributed by atoms with van der Waals surface area (Å²) < 4.78 is 5.25. The van der Waals surface area contributed by atoms with Crippen LogP contribution in [0.5, 0.6) is 0 Å². The van der Waals surface area contributed by atoms with Crippen molar-refractivity contribution < 1.29 is 4.74 Å². The molecule has 5 heteroatoms. The number of pyridine rings is 1. The van der Waals surface area contributed by atoms with Crippen LogP contribution in [-0.4, -0.2) is 29.9 Å². The molecule has 0 atom stereocenters. The Morgan fingerprint density at radius 1 is 1.39 bits per heavy atom. The number of nitrogens with zero attached hydrogens (tertiary/aromatic N) is 1. The number of hydrogen-bond donors (Lipinski definition) is 2. The lowest BCUT2D eigenvalue weighted by Crippen LogP contribution is -2.30. The molecule has 0 aliphatic rings. The van der Waals surface area contributed by atoms with Crippen molar-refractivity contribution in [2.45, 2.75) is 27.2 Å². The van der Waals surface area contributed by atoms with Gasteiger partial charge in [0.2, 0.25) is 0 Å². The van der Waals surface area contributed by atoms with E-state index < -0.39 is 0 Å². The summed E-state index contributed by atoms with van der Waals surface area (Å²) in [5.41, 5.74) is 2.91. The zero-order valence-electron chi connectivity index (χ0n) is 11.2. The van der Waals surface area contributed by atoms with Gasteiger partial charge >= 0.3 is 0 Å². The molecule has 0 fully saturated rings. The third kappa shape index (κ3) is 5.42. The fourth-order valence-electron chi connectivity index (χ4n) is 1.51. The van der Waals surface area contributed by atoms with Gasteiger partial charge in [0, 0.05) is 25.5 Å². The van der Waals surface area contributed by atoms with Crippen LogP contribution in [0.1, 0.15) is 24.7 Å². The molecule has 0 saturated heterocycles. The molecule has 18 heavy (non-hydrogen) atoms. The first-order valence-electron chi connectivity index (χ1n) is 6.20. The van der Waals surface area contributed by atoms with E-state index in [1.165, 1.54) is 0 Å². The largest absolute Gasteiger partial charge is 0.382 e. The van der Waals surface area contributed by atoms with Crippen LogP contribution in [0, 0.1) is 13.8 Å². The minimum atomic E-state index is 0.625. The fourth-order valence-corrected chi connectivity index (χ4v) is 1.72. The highest BCUT2D eigenvalue weighted by molar-refractivity contribution is 7.80. The molecule has 0 aliphatic carbocycles. The van der Waals surface area contributed by atoms with Gasteiger partial charge in [-0.1, -0.05) is 0 Å². The van der Waals surface area contributed by atoms with Crippen LogP contribution in [0.2, 0.25) is 0 Å². The van der Waals surface area contributed by atoms with Gasteiger partial charge in [-0.2, -0.15) is 0 Å². The number of thiocarbonyl (C=S) groups is 1. The van der Waals surface area contributed by atoms with Gasteiger partial charge < -0.3 is 15.4 Å². The Bertz CT molecular complexity index is 396. The van der Waals surface area contributed by atoms with Gasteiger partial charge in [-0.15, -0.1) is 0 Å². The highest BCUT2D eigenvalue weighted by Crippen LogP contribution is 2.12. The SMILES string of the molecule is CCOCCCNC(=S)Nc1ccc(C)nc1C. The molecule has 4 nitrogen and oxygen atoms in total. The molecule has 100 valence electrons. The van der Waals surface area contributed by atoms with Crippen molar-refractivity contribution in [3.63, 3.8) is 0 Å². The molecule has 0 unspecified atom stereocenters. The summed E-state index contributed by atoms with van der Waals surface area (Å²) in [6.45, 7) is 8.26. The van der Waals surface area contributed by atoms with Crippen LogP contribution < -0.4 is 10.6 Å². The Labute approximate surface area is 114 Å². The Kier molecular flexibility index (Phi) is 6.60. The van der Waals surface area contributed by atoms with Gasteiger partial charge in [0.05, 0.1) is 11.4 Å². The van der Waals surface area contributed by atoms with Gasteiger partial charge in [-0.3, -0.25) is 4.98 Å². The van der Waals surface area contributed by atoms with Crippen molar-refractivity contribution in [1.82, 2.24) is 10.3 Å². The fraction of sp³-hybridized carbons (Fsp3) is 0.538. The molecule has 0 saturated carbocycles. The number of anilines is 1. The molecule has 0 aromatic carbocycles. The molecule has 0 aliphatic heterocycles. The summed E-state index contributed by atoms with van der Waals surface area (Å²) in [7, 11) is 0. The normalized spacial score (nSPS) is 10.2. The summed E-state index contributed by atoms with van der Waals surface area (Å²) in [6, 6.07) is 3.96. The highest BCUT2D eigenvalue weighted by Gasteiger charge is 2.01. The Morgan fingerprint density at radius 2 is 2.17 bits per heavy atom. The maximum atomic E-state index is 5.25. The molecule has 0 amide bonds. The van der Waals surface area contributed by atoms with E-state index in [0.29, 0.717) is 5.11 Å². The second-order valence-electron chi connectivity index (χ2n) is 4.02. The molecule has 0 radical (unpaired) electrons. The number of aryl methyl sites for hydroxylation is 2. The molecule has 2 N–H and O–H groups in total. The summed E-state index contributed by atoms with van der Waals surface area (Å²) in [5.74, 6) is 0. The van der Waals surface area contributed by atoms with Gasteiger partial charge in [0.15, 0.2) is 5.11 Å².